The minimum absolute atomic E-state index is 0.287. The largest absolute Gasteiger partial charge is 0.396 e. The highest BCUT2D eigenvalue weighted by Gasteiger charge is 2.12. The summed E-state index contributed by atoms with van der Waals surface area (Å²) in [5.74, 6) is -0.777. The van der Waals surface area contributed by atoms with Crippen molar-refractivity contribution in [3.05, 3.63) is 60.4 Å². The topological polar surface area (TPSA) is 56.7 Å². The summed E-state index contributed by atoms with van der Waals surface area (Å²) in [6.45, 7) is 0. The maximum Gasteiger partial charge on any atom is 0.153 e. The molecule has 0 aliphatic heterocycles. The van der Waals surface area contributed by atoms with Crippen LogP contribution in [0.25, 0.3) is 17.1 Å². The van der Waals surface area contributed by atoms with E-state index in [-0.39, 0.29) is 5.56 Å². The van der Waals surface area contributed by atoms with E-state index in [1.54, 1.807) is 24.5 Å². The van der Waals surface area contributed by atoms with Crippen molar-refractivity contribution in [2.24, 2.45) is 0 Å². The molecular formula is C14H10F2N4. The Morgan fingerprint density at radius 3 is 2.45 bits per heavy atom. The van der Waals surface area contributed by atoms with Gasteiger partial charge in [-0.05, 0) is 24.3 Å². The van der Waals surface area contributed by atoms with Crippen LogP contribution in [-0.4, -0.2) is 14.8 Å². The predicted molar refractivity (Wildman–Crippen MR) is 71.1 cm³/mol. The van der Waals surface area contributed by atoms with E-state index in [0.717, 1.165) is 6.07 Å². The van der Waals surface area contributed by atoms with Crippen LogP contribution in [0.1, 0.15) is 0 Å². The van der Waals surface area contributed by atoms with Crippen molar-refractivity contribution < 1.29 is 8.78 Å². The van der Waals surface area contributed by atoms with Crippen LogP contribution >= 0.6 is 0 Å². The van der Waals surface area contributed by atoms with Crippen molar-refractivity contribution in [3.8, 4) is 17.1 Å². The summed E-state index contributed by atoms with van der Waals surface area (Å²) in [4.78, 5) is 4.13. The van der Waals surface area contributed by atoms with Crippen LogP contribution in [0.4, 0.5) is 14.5 Å². The molecule has 0 amide bonds. The van der Waals surface area contributed by atoms with Crippen molar-refractivity contribution in [1.29, 1.82) is 0 Å². The molecule has 100 valence electrons. The van der Waals surface area contributed by atoms with E-state index in [4.69, 9.17) is 5.73 Å². The number of pyridine rings is 1. The highest BCUT2D eigenvalue weighted by molar-refractivity contribution is 5.72. The monoisotopic (exact) mass is 272 g/mol. The molecule has 0 radical (unpaired) electrons. The number of nitrogens with two attached hydrogens (primary N) is 1. The number of halogens is 2. The van der Waals surface area contributed by atoms with Crippen LogP contribution in [-0.2, 0) is 0 Å². The van der Waals surface area contributed by atoms with E-state index in [1.807, 2.05) is 6.07 Å². The maximum atomic E-state index is 13.2. The third-order valence-corrected chi connectivity index (χ3v) is 2.76. The van der Waals surface area contributed by atoms with Gasteiger partial charge in [-0.15, -0.1) is 0 Å². The second-order valence-electron chi connectivity index (χ2n) is 4.22. The Hall–Kier alpha value is -2.76. The quantitative estimate of drug-likeness (QED) is 0.780. The van der Waals surface area contributed by atoms with E-state index >= 15 is 0 Å². The van der Waals surface area contributed by atoms with Gasteiger partial charge in [0.15, 0.2) is 5.82 Å². The SMILES string of the molecule is Nc1cn(-c2ccccn2)nc1-c1cc(F)cc(F)c1. The summed E-state index contributed by atoms with van der Waals surface area (Å²) in [5.41, 5.74) is 6.78. The Morgan fingerprint density at radius 1 is 1.05 bits per heavy atom. The summed E-state index contributed by atoms with van der Waals surface area (Å²) >= 11 is 0. The van der Waals surface area contributed by atoms with Gasteiger partial charge in [-0.25, -0.2) is 18.4 Å². The minimum Gasteiger partial charge on any atom is -0.396 e. The smallest absolute Gasteiger partial charge is 0.153 e. The first-order chi connectivity index (χ1) is 9.63. The first-order valence-corrected chi connectivity index (χ1v) is 5.86. The summed E-state index contributed by atoms with van der Waals surface area (Å²) in [6, 6.07) is 8.51. The van der Waals surface area contributed by atoms with Crippen LogP contribution in [0.2, 0.25) is 0 Å². The molecule has 0 bridgehead atoms. The molecule has 1 aromatic carbocycles. The van der Waals surface area contributed by atoms with Crippen LogP contribution in [0.3, 0.4) is 0 Å². The Bertz CT molecular complexity index is 733. The van der Waals surface area contributed by atoms with Crippen molar-refractivity contribution in [1.82, 2.24) is 14.8 Å². The fourth-order valence-electron chi connectivity index (χ4n) is 1.91. The van der Waals surface area contributed by atoms with E-state index in [0.29, 0.717) is 17.2 Å². The van der Waals surface area contributed by atoms with Crippen LogP contribution in [0.5, 0.6) is 0 Å². The summed E-state index contributed by atoms with van der Waals surface area (Å²) in [7, 11) is 0. The molecule has 3 aromatic rings. The summed E-state index contributed by atoms with van der Waals surface area (Å²) in [6.07, 6.45) is 3.18. The van der Waals surface area contributed by atoms with Crippen LogP contribution in [0.15, 0.2) is 48.8 Å². The molecule has 2 aromatic heterocycles. The summed E-state index contributed by atoms with van der Waals surface area (Å²) in [5, 5.41) is 4.23. The lowest BCUT2D eigenvalue weighted by atomic mass is 10.1. The maximum absolute atomic E-state index is 13.2. The molecule has 0 saturated carbocycles. The second-order valence-corrected chi connectivity index (χ2v) is 4.22. The number of nitrogen functional groups attached to an aromatic ring is 1. The standard InChI is InChI=1S/C14H10F2N4/c15-10-5-9(6-11(16)7-10)14-12(17)8-20(19-14)13-3-1-2-4-18-13/h1-8H,17H2. The number of benzene rings is 1. The Balaban J connectivity index is 2.09. The van der Waals surface area contributed by atoms with Crippen LogP contribution < -0.4 is 5.73 Å². The van der Waals surface area contributed by atoms with Crippen molar-refractivity contribution in [2.45, 2.75) is 0 Å². The van der Waals surface area contributed by atoms with Gasteiger partial charge in [0.25, 0.3) is 0 Å². The normalized spacial score (nSPS) is 10.7. The Morgan fingerprint density at radius 2 is 1.80 bits per heavy atom. The average Bonchev–Trinajstić information content (AvgIpc) is 2.81. The average molecular weight is 272 g/mol. The highest BCUT2D eigenvalue weighted by Crippen LogP contribution is 2.26. The number of hydrogen-bond donors (Lipinski definition) is 1. The van der Waals surface area contributed by atoms with Gasteiger partial charge in [0.1, 0.15) is 17.3 Å². The van der Waals surface area contributed by atoms with E-state index < -0.39 is 11.6 Å². The Kier molecular flexibility index (Phi) is 2.90. The first-order valence-electron chi connectivity index (χ1n) is 5.86. The molecule has 4 nitrogen and oxygen atoms in total. The third-order valence-electron chi connectivity index (χ3n) is 2.76. The van der Waals surface area contributed by atoms with Gasteiger partial charge in [0.2, 0.25) is 0 Å². The molecule has 0 unspecified atom stereocenters. The van der Waals surface area contributed by atoms with Gasteiger partial charge in [0, 0.05) is 17.8 Å². The van der Waals surface area contributed by atoms with Crippen molar-refractivity contribution >= 4 is 5.69 Å². The molecule has 6 heteroatoms. The van der Waals surface area contributed by atoms with E-state index in [1.165, 1.54) is 16.8 Å². The molecule has 0 fully saturated rings. The second kappa shape index (κ2) is 4.73. The third kappa shape index (κ3) is 2.23. The number of hydrogen-bond acceptors (Lipinski definition) is 3. The first kappa shape index (κ1) is 12.3. The molecule has 20 heavy (non-hydrogen) atoms. The van der Waals surface area contributed by atoms with Gasteiger partial charge >= 0.3 is 0 Å². The Labute approximate surface area is 113 Å². The lowest BCUT2D eigenvalue weighted by molar-refractivity contribution is 0.584. The molecule has 3 rings (SSSR count). The molecular weight excluding hydrogens is 262 g/mol. The predicted octanol–water partition coefficient (Wildman–Crippen LogP) is 2.79. The van der Waals surface area contributed by atoms with Crippen LogP contribution in [0, 0.1) is 11.6 Å². The molecule has 2 heterocycles. The number of aromatic nitrogens is 3. The molecule has 0 spiro atoms. The molecule has 0 aliphatic carbocycles. The van der Waals surface area contributed by atoms with Gasteiger partial charge in [-0.1, -0.05) is 6.07 Å². The zero-order valence-electron chi connectivity index (χ0n) is 10.3. The van der Waals surface area contributed by atoms with E-state index in [9.17, 15) is 8.78 Å². The zero-order chi connectivity index (χ0) is 14.1. The zero-order valence-corrected chi connectivity index (χ0v) is 10.3. The van der Waals surface area contributed by atoms with Gasteiger partial charge in [-0.2, -0.15) is 5.10 Å². The fraction of sp³-hybridized carbons (Fsp3) is 0. The number of anilines is 1. The molecule has 2 N–H and O–H groups in total. The van der Waals surface area contributed by atoms with Gasteiger partial charge < -0.3 is 5.73 Å². The van der Waals surface area contributed by atoms with Crippen molar-refractivity contribution in [3.63, 3.8) is 0 Å². The molecule has 0 atom stereocenters. The number of nitrogens with zero attached hydrogens (tertiary/aromatic N) is 3. The fourth-order valence-corrected chi connectivity index (χ4v) is 1.91. The molecule has 0 saturated heterocycles. The molecule has 0 aliphatic rings. The minimum atomic E-state index is -0.674. The lowest BCUT2D eigenvalue weighted by Gasteiger charge is -2.00. The van der Waals surface area contributed by atoms with Gasteiger partial charge in [0.05, 0.1) is 11.9 Å². The number of rotatable bonds is 2. The summed E-state index contributed by atoms with van der Waals surface area (Å²) < 4.78 is 28.0. The highest BCUT2D eigenvalue weighted by atomic mass is 19.1. The lowest BCUT2D eigenvalue weighted by Crippen LogP contribution is -1.97. The van der Waals surface area contributed by atoms with Crippen molar-refractivity contribution in [2.75, 3.05) is 5.73 Å². The van der Waals surface area contributed by atoms with Gasteiger partial charge in [-0.3, -0.25) is 0 Å². The van der Waals surface area contributed by atoms with E-state index in [2.05, 4.69) is 10.1 Å².